The third-order valence-electron chi connectivity index (χ3n) is 5.46. The highest BCUT2D eigenvalue weighted by Gasteiger charge is 2.19. The normalized spacial score (nSPS) is 11.6. The Morgan fingerprint density at radius 1 is 0.778 bits per heavy atom. The lowest BCUT2D eigenvalue weighted by Gasteiger charge is -2.18. The molecule has 4 aromatic carbocycles. The highest BCUT2D eigenvalue weighted by molar-refractivity contribution is 5.94. The molecule has 6 nitrogen and oxygen atoms in total. The molecule has 0 unspecified atom stereocenters. The highest BCUT2D eigenvalue weighted by Crippen LogP contribution is 2.18. The van der Waals surface area contributed by atoms with Crippen LogP contribution in [0.25, 0.3) is 0 Å². The molecule has 0 bridgehead atoms. The summed E-state index contributed by atoms with van der Waals surface area (Å²) in [7, 11) is 0. The molecule has 0 aromatic heterocycles. The minimum Gasteiger partial charge on any atom is -0.489 e. The van der Waals surface area contributed by atoms with Crippen molar-refractivity contribution in [1.82, 2.24) is 10.7 Å². The Morgan fingerprint density at radius 3 is 2.06 bits per heavy atom. The van der Waals surface area contributed by atoms with Gasteiger partial charge in [-0.05, 0) is 53.1 Å². The van der Waals surface area contributed by atoms with Gasteiger partial charge in [0.15, 0.2) is 0 Å². The van der Waals surface area contributed by atoms with E-state index in [0.29, 0.717) is 12.2 Å². The van der Waals surface area contributed by atoms with Crippen LogP contribution in [-0.2, 0) is 11.4 Å². The van der Waals surface area contributed by atoms with E-state index in [1.54, 1.807) is 30.5 Å². The maximum Gasteiger partial charge on any atom is 0.251 e. The Morgan fingerprint density at radius 2 is 1.39 bits per heavy atom. The van der Waals surface area contributed by atoms with Crippen molar-refractivity contribution in [2.75, 3.05) is 0 Å². The van der Waals surface area contributed by atoms with Crippen LogP contribution in [0.4, 0.5) is 0 Å². The predicted octanol–water partition coefficient (Wildman–Crippen LogP) is 5.28. The molecule has 6 heteroatoms. The number of nitrogens with one attached hydrogen (secondary N) is 2. The summed E-state index contributed by atoms with van der Waals surface area (Å²) in [5, 5.41) is 7.02. The van der Waals surface area contributed by atoms with E-state index in [1.807, 2.05) is 91.0 Å². The Bertz CT molecular complexity index is 1280. The fourth-order valence-corrected chi connectivity index (χ4v) is 3.57. The topological polar surface area (TPSA) is 79.8 Å². The number of hydrogen-bond acceptors (Lipinski definition) is 4. The molecule has 0 saturated heterocycles. The number of benzene rings is 4. The lowest BCUT2D eigenvalue weighted by Crippen LogP contribution is -2.32. The highest BCUT2D eigenvalue weighted by atomic mass is 16.5. The summed E-state index contributed by atoms with van der Waals surface area (Å²) in [6.07, 6.45) is 1.62. The molecule has 4 rings (SSSR count). The average Bonchev–Trinajstić information content (AvgIpc) is 2.94. The average molecular weight is 478 g/mol. The van der Waals surface area contributed by atoms with Crippen LogP contribution < -0.4 is 15.5 Å². The van der Waals surface area contributed by atoms with Crippen molar-refractivity contribution in [3.8, 4) is 5.75 Å². The number of ether oxygens (including phenoxy) is 1. The third kappa shape index (κ3) is 7.40. The first-order valence-corrected chi connectivity index (χ1v) is 11.7. The summed E-state index contributed by atoms with van der Waals surface area (Å²) in [5.41, 5.74) is 5.84. The second-order valence-electron chi connectivity index (χ2n) is 8.14. The Labute approximate surface area is 210 Å². The summed E-state index contributed by atoms with van der Waals surface area (Å²) in [6, 6.07) is 35.2. The monoisotopic (exact) mass is 477 g/mol. The Kier molecular flexibility index (Phi) is 8.59. The van der Waals surface area contributed by atoms with Crippen LogP contribution in [0.2, 0.25) is 0 Å². The van der Waals surface area contributed by atoms with E-state index >= 15 is 0 Å². The number of hydrazone groups is 1. The van der Waals surface area contributed by atoms with E-state index in [2.05, 4.69) is 15.8 Å². The van der Waals surface area contributed by atoms with Gasteiger partial charge in [0, 0.05) is 5.56 Å². The lowest BCUT2D eigenvalue weighted by molar-refractivity contribution is -0.121. The van der Waals surface area contributed by atoms with Crippen molar-refractivity contribution in [3.05, 3.63) is 138 Å². The quantitative estimate of drug-likeness (QED) is 0.241. The summed E-state index contributed by atoms with van der Waals surface area (Å²) in [4.78, 5) is 25.3. The van der Waals surface area contributed by atoms with Gasteiger partial charge in [-0.2, -0.15) is 5.10 Å². The minimum absolute atomic E-state index is 0.0478. The van der Waals surface area contributed by atoms with Gasteiger partial charge in [0.1, 0.15) is 12.4 Å². The van der Waals surface area contributed by atoms with Gasteiger partial charge in [-0.15, -0.1) is 0 Å². The molecule has 0 heterocycles. The molecule has 0 aliphatic heterocycles. The number of carbonyl (C=O) groups excluding carboxylic acids is 2. The molecule has 0 spiro atoms. The number of amides is 2. The zero-order valence-electron chi connectivity index (χ0n) is 19.7. The molecule has 0 fully saturated rings. The molecular formula is C30H27N3O3. The molecule has 1 atom stereocenters. The second-order valence-corrected chi connectivity index (χ2v) is 8.14. The number of hydrogen-bond donors (Lipinski definition) is 2. The van der Waals surface area contributed by atoms with E-state index in [4.69, 9.17) is 4.74 Å². The number of carbonyl (C=O) groups is 2. The minimum atomic E-state index is -0.491. The first-order valence-electron chi connectivity index (χ1n) is 11.7. The van der Waals surface area contributed by atoms with Crippen LogP contribution in [0.15, 0.2) is 120 Å². The van der Waals surface area contributed by atoms with Crippen LogP contribution in [0.3, 0.4) is 0 Å². The van der Waals surface area contributed by atoms with Gasteiger partial charge in [-0.25, -0.2) is 5.43 Å². The van der Waals surface area contributed by atoms with E-state index < -0.39 is 6.04 Å². The van der Waals surface area contributed by atoms with Gasteiger partial charge in [-0.1, -0.05) is 78.9 Å². The van der Waals surface area contributed by atoms with Gasteiger partial charge in [0.05, 0.1) is 18.7 Å². The summed E-state index contributed by atoms with van der Waals surface area (Å²) in [5.74, 6) is 0.200. The smallest absolute Gasteiger partial charge is 0.251 e. The standard InChI is InChI=1S/C30H27N3O3/c34-29(20-28(25-12-6-2-7-13-25)32-30(35)26-14-8-3-9-15-26)33-31-21-23-16-18-27(19-17-23)36-22-24-10-4-1-5-11-24/h1-19,21,28H,20,22H2,(H,32,35)(H,33,34)/b31-21-/t28-/m1/s1. The number of nitrogens with zero attached hydrogens (tertiary/aromatic N) is 1. The maximum atomic E-state index is 12.7. The third-order valence-corrected chi connectivity index (χ3v) is 5.46. The van der Waals surface area contributed by atoms with Crippen molar-refractivity contribution in [3.63, 3.8) is 0 Å². The van der Waals surface area contributed by atoms with E-state index in [0.717, 1.165) is 22.4 Å². The van der Waals surface area contributed by atoms with E-state index in [1.165, 1.54) is 0 Å². The molecule has 0 aliphatic rings. The Balaban J connectivity index is 1.31. The molecule has 4 aromatic rings. The van der Waals surface area contributed by atoms with Crippen molar-refractivity contribution in [2.45, 2.75) is 19.1 Å². The van der Waals surface area contributed by atoms with Gasteiger partial charge >= 0.3 is 0 Å². The van der Waals surface area contributed by atoms with Crippen molar-refractivity contribution < 1.29 is 14.3 Å². The van der Waals surface area contributed by atoms with Gasteiger partial charge in [0.25, 0.3) is 5.91 Å². The predicted molar refractivity (Wildman–Crippen MR) is 141 cm³/mol. The molecule has 0 radical (unpaired) electrons. The summed E-state index contributed by atoms with van der Waals surface area (Å²) in [6.45, 7) is 0.494. The van der Waals surface area contributed by atoms with Crippen LogP contribution in [-0.4, -0.2) is 18.0 Å². The fraction of sp³-hybridized carbons (Fsp3) is 0.100. The second kappa shape index (κ2) is 12.7. The van der Waals surface area contributed by atoms with E-state index in [-0.39, 0.29) is 18.2 Å². The molecule has 36 heavy (non-hydrogen) atoms. The molecule has 0 aliphatic carbocycles. The van der Waals surface area contributed by atoms with Crippen molar-refractivity contribution in [1.29, 1.82) is 0 Å². The largest absolute Gasteiger partial charge is 0.489 e. The summed E-state index contributed by atoms with van der Waals surface area (Å²) < 4.78 is 5.79. The Hall–Kier alpha value is -4.71. The van der Waals surface area contributed by atoms with Crippen LogP contribution >= 0.6 is 0 Å². The molecule has 2 N–H and O–H groups in total. The van der Waals surface area contributed by atoms with Gasteiger partial charge in [-0.3, -0.25) is 9.59 Å². The van der Waals surface area contributed by atoms with E-state index in [9.17, 15) is 9.59 Å². The van der Waals surface area contributed by atoms with Crippen LogP contribution in [0.5, 0.6) is 5.75 Å². The molecular weight excluding hydrogens is 450 g/mol. The lowest BCUT2D eigenvalue weighted by atomic mass is 10.0. The zero-order chi connectivity index (χ0) is 25.0. The van der Waals surface area contributed by atoms with Gasteiger partial charge < -0.3 is 10.1 Å². The first kappa shape index (κ1) is 24.4. The zero-order valence-corrected chi connectivity index (χ0v) is 19.7. The van der Waals surface area contributed by atoms with Crippen molar-refractivity contribution in [2.24, 2.45) is 5.10 Å². The summed E-state index contributed by atoms with van der Waals surface area (Å²) >= 11 is 0. The molecule has 0 saturated carbocycles. The SMILES string of the molecule is O=C(C[C@@H](NC(=O)c1ccccc1)c1ccccc1)N/N=C\c1ccc(OCc2ccccc2)cc1. The fourth-order valence-electron chi connectivity index (χ4n) is 3.57. The van der Waals surface area contributed by atoms with Gasteiger partial charge in [0.2, 0.25) is 5.91 Å². The molecule has 180 valence electrons. The van der Waals surface area contributed by atoms with Crippen LogP contribution in [0.1, 0.15) is 39.5 Å². The van der Waals surface area contributed by atoms with Crippen LogP contribution in [0, 0.1) is 0 Å². The number of rotatable bonds is 10. The molecule has 2 amide bonds. The maximum absolute atomic E-state index is 12.7. The van der Waals surface area contributed by atoms with Crippen molar-refractivity contribution >= 4 is 18.0 Å². The first-order chi connectivity index (χ1) is 17.7.